The van der Waals surface area contributed by atoms with Gasteiger partial charge in [0.15, 0.2) is 0 Å². The normalized spacial score (nSPS) is 14.0. The van der Waals surface area contributed by atoms with Gasteiger partial charge in [-0.1, -0.05) is 13.3 Å². The third-order valence-corrected chi connectivity index (χ3v) is 1.55. The average molecular weight is 222 g/mol. The van der Waals surface area contributed by atoms with Gasteiger partial charge in [-0.2, -0.15) is 0 Å². The summed E-state index contributed by atoms with van der Waals surface area (Å²) < 4.78 is 4.95. The molecule has 0 bridgehead atoms. The zero-order valence-corrected chi connectivity index (χ0v) is 10.1. The van der Waals surface area contributed by atoms with Crippen LogP contribution in [0.4, 0.5) is 0 Å². The molecule has 2 unspecified atom stereocenters. The molecule has 2 atom stereocenters. The van der Waals surface area contributed by atoms with Crippen LogP contribution in [0.25, 0.3) is 0 Å². The quantitative estimate of drug-likeness (QED) is 0.277. The van der Waals surface area contributed by atoms with Crippen molar-refractivity contribution in [2.75, 3.05) is 19.8 Å². The molecule has 15 heavy (non-hydrogen) atoms. The van der Waals surface area contributed by atoms with Gasteiger partial charge in [-0.25, -0.2) is 0 Å². The highest BCUT2D eigenvalue weighted by molar-refractivity contribution is 4.47. The van der Waals surface area contributed by atoms with Crippen LogP contribution in [-0.4, -0.2) is 42.2 Å². The van der Waals surface area contributed by atoms with Crippen LogP contribution in [0.5, 0.6) is 0 Å². The van der Waals surface area contributed by atoms with E-state index in [1.54, 1.807) is 13.8 Å². The van der Waals surface area contributed by atoms with Crippen molar-refractivity contribution in [1.82, 2.24) is 5.43 Å². The summed E-state index contributed by atoms with van der Waals surface area (Å²) in [4.78, 5) is 0. The standard InChI is InChI=1S/C6H14O3.C4H12N2/c1-5(8)4-9-6(2)3-7;1-2-3-4-6-5/h5-8H,3-4H2,1-2H3;6H,2-5H2,1H3. The molecule has 0 heterocycles. The lowest BCUT2D eigenvalue weighted by molar-refractivity contribution is -0.0177. The molecule has 0 aromatic carbocycles. The lowest BCUT2D eigenvalue weighted by Crippen LogP contribution is -2.22. The minimum absolute atomic E-state index is 0.00667. The second-order valence-corrected chi connectivity index (χ2v) is 3.48. The first-order valence-electron chi connectivity index (χ1n) is 5.42. The van der Waals surface area contributed by atoms with E-state index in [4.69, 9.17) is 20.8 Å². The topological polar surface area (TPSA) is 87.7 Å². The third-order valence-electron chi connectivity index (χ3n) is 1.55. The summed E-state index contributed by atoms with van der Waals surface area (Å²) in [6, 6.07) is 0. The zero-order valence-electron chi connectivity index (χ0n) is 10.1. The Labute approximate surface area is 92.6 Å². The van der Waals surface area contributed by atoms with Crippen molar-refractivity contribution in [3.05, 3.63) is 0 Å². The Morgan fingerprint density at radius 2 is 2.00 bits per heavy atom. The number of nitrogens with two attached hydrogens (primary N) is 1. The van der Waals surface area contributed by atoms with E-state index in [2.05, 4.69) is 12.3 Å². The van der Waals surface area contributed by atoms with Crippen LogP contribution in [-0.2, 0) is 4.74 Å². The molecular formula is C10H26N2O3. The molecule has 0 aliphatic rings. The summed E-state index contributed by atoms with van der Waals surface area (Å²) in [6.07, 6.45) is 1.78. The molecule has 5 heteroatoms. The number of hydrogen-bond donors (Lipinski definition) is 4. The van der Waals surface area contributed by atoms with E-state index < -0.39 is 6.10 Å². The average Bonchev–Trinajstić information content (AvgIpc) is 2.23. The highest BCUT2D eigenvalue weighted by Crippen LogP contribution is 1.90. The molecule has 0 spiro atoms. The van der Waals surface area contributed by atoms with E-state index in [0.29, 0.717) is 6.61 Å². The lowest BCUT2D eigenvalue weighted by Gasteiger charge is -2.10. The van der Waals surface area contributed by atoms with Crippen LogP contribution < -0.4 is 11.3 Å². The molecule has 0 saturated heterocycles. The van der Waals surface area contributed by atoms with Crippen LogP contribution >= 0.6 is 0 Å². The summed E-state index contributed by atoms with van der Waals surface area (Å²) in [7, 11) is 0. The molecule has 0 saturated carbocycles. The Kier molecular flexibility index (Phi) is 15.8. The number of unbranched alkanes of at least 4 members (excludes halogenated alkanes) is 1. The Bertz CT molecular complexity index is 109. The van der Waals surface area contributed by atoms with Crippen LogP contribution in [0.1, 0.15) is 33.6 Å². The molecule has 0 amide bonds. The van der Waals surface area contributed by atoms with Gasteiger partial charge >= 0.3 is 0 Å². The maximum Gasteiger partial charge on any atom is 0.0779 e. The second kappa shape index (κ2) is 13.8. The molecule has 0 aromatic rings. The van der Waals surface area contributed by atoms with Crippen molar-refractivity contribution >= 4 is 0 Å². The summed E-state index contributed by atoms with van der Waals surface area (Å²) in [6.45, 7) is 6.77. The molecule has 0 radical (unpaired) electrons. The van der Waals surface area contributed by atoms with Gasteiger partial charge in [-0.15, -0.1) is 0 Å². The second-order valence-electron chi connectivity index (χ2n) is 3.48. The minimum Gasteiger partial charge on any atom is -0.394 e. The number of rotatable bonds is 7. The Balaban J connectivity index is 0. The lowest BCUT2D eigenvalue weighted by atomic mass is 10.3. The Morgan fingerprint density at radius 1 is 1.40 bits per heavy atom. The summed E-state index contributed by atoms with van der Waals surface area (Å²) >= 11 is 0. The summed E-state index contributed by atoms with van der Waals surface area (Å²) in [5.74, 6) is 4.96. The number of hydrogen-bond acceptors (Lipinski definition) is 5. The van der Waals surface area contributed by atoms with Gasteiger partial charge in [-0.3, -0.25) is 11.3 Å². The number of aliphatic hydroxyl groups is 2. The van der Waals surface area contributed by atoms with Crippen molar-refractivity contribution in [3.63, 3.8) is 0 Å². The van der Waals surface area contributed by atoms with Crippen molar-refractivity contribution in [1.29, 1.82) is 0 Å². The minimum atomic E-state index is -0.445. The molecule has 5 N–H and O–H groups in total. The van der Waals surface area contributed by atoms with E-state index in [-0.39, 0.29) is 12.7 Å². The van der Waals surface area contributed by atoms with E-state index >= 15 is 0 Å². The van der Waals surface area contributed by atoms with Gasteiger partial charge in [0.2, 0.25) is 0 Å². The molecule has 0 aliphatic heterocycles. The van der Waals surface area contributed by atoms with Gasteiger partial charge in [0.25, 0.3) is 0 Å². The number of hydrazine groups is 1. The molecule has 0 aliphatic carbocycles. The number of aliphatic hydroxyl groups excluding tert-OH is 2. The summed E-state index contributed by atoms with van der Waals surface area (Å²) in [5.41, 5.74) is 2.57. The molecule has 0 fully saturated rings. The van der Waals surface area contributed by atoms with Gasteiger partial charge in [0.05, 0.1) is 25.4 Å². The van der Waals surface area contributed by atoms with Crippen molar-refractivity contribution in [3.8, 4) is 0 Å². The van der Waals surface area contributed by atoms with Crippen LogP contribution in [0.3, 0.4) is 0 Å². The van der Waals surface area contributed by atoms with Crippen molar-refractivity contribution in [2.24, 2.45) is 5.84 Å². The fraction of sp³-hybridized carbons (Fsp3) is 1.00. The smallest absolute Gasteiger partial charge is 0.0779 e. The zero-order chi connectivity index (χ0) is 12.1. The predicted octanol–water partition coefficient (Wildman–Crippen LogP) is 0.0144. The third kappa shape index (κ3) is 20.0. The highest BCUT2D eigenvalue weighted by Gasteiger charge is 2.00. The van der Waals surface area contributed by atoms with Crippen molar-refractivity contribution in [2.45, 2.75) is 45.8 Å². The monoisotopic (exact) mass is 222 g/mol. The van der Waals surface area contributed by atoms with E-state index in [0.717, 1.165) is 6.54 Å². The van der Waals surface area contributed by atoms with Crippen LogP contribution in [0.2, 0.25) is 0 Å². The Hall–Kier alpha value is -0.200. The van der Waals surface area contributed by atoms with Crippen molar-refractivity contribution < 1.29 is 14.9 Å². The molecular weight excluding hydrogens is 196 g/mol. The maximum absolute atomic E-state index is 8.69. The first-order chi connectivity index (χ1) is 7.08. The van der Waals surface area contributed by atoms with Crippen LogP contribution in [0.15, 0.2) is 0 Å². The van der Waals surface area contributed by atoms with Crippen LogP contribution in [0, 0.1) is 0 Å². The van der Waals surface area contributed by atoms with Gasteiger partial charge in [0, 0.05) is 6.54 Å². The molecule has 0 rings (SSSR count). The SMILES string of the molecule is CC(O)COC(C)CO.CCCCNN. The predicted molar refractivity (Wildman–Crippen MR) is 61.3 cm³/mol. The first kappa shape index (κ1) is 17.2. The maximum atomic E-state index is 8.69. The largest absolute Gasteiger partial charge is 0.394 e. The fourth-order valence-electron chi connectivity index (χ4n) is 0.635. The molecule has 0 aromatic heterocycles. The van der Waals surface area contributed by atoms with Gasteiger partial charge < -0.3 is 14.9 Å². The Morgan fingerprint density at radius 3 is 2.27 bits per heavy atom. The fourth-order valence-corrected chi connectivity index (χ4v) is 0.635. The molecule has 5 nitrogen and oxygen atoms in total. The highest BCUT2D eigenvalue weighted by atomic mass is 16.5. The van der Waals surface area contributed by atoms with E-state index in [1.165, 1.54) is 12.8 Å². The summed E-state index contributed by atoms with van der Waals surface area (Å²) in [5, 5.41) is 17.1. The van der Waals surface area contributed by atoms with E-state index in [1.807, 2.05) is 0 Å². The number of nitrogens with one attached hydrogen (secondary N) is 1. The van der Waals surface area contributed by atoms with E-state index in [9.17, 15) is 0 Å². The van der Waals surface area contributed by atoms with Gasteiger partial charge in [-0.05, 0) is 20.3 Å². The first-order valence-corrected chi connectivity index (χ1v) is 5.42. The van der Waals surface area contributed by atoms with Gasteiger partial charge in [0.1, 0.15) is 0 Å². The number of ether oxygens (including phenoxy) is 1. The molecule has 94 valence electrons.